The van der Waals surface area contributed by atoms with Crippen molar-refractivity contribution in [2.75, 3.05) is 0 Å². The van der Waals surface area contributed by atoms with Gasteiger partial charge >= 0.3 is 0 Å². The zero-order chi connectivity index (χ0) is 11.0. The minimum atomic E-state index is -0.390. The van der Waals surface area contributed by atoms with E-state index in [9.17, 15) is 4.79 Å². The summed E-state index contributed by atoms with van der Waals surface area (Å²) in [7, 11) is 0. The van der Waals surface area contributed by atoms with Gasteiger partial charge in [0.25, 0.3) is 0 Å². The molecule has 1 heterocycles. The molecule has 4 heteroatoms. The summed E-state index contributed by atoms with van der Waals surface area (Å²) in [4.78, 5) is 10.9. The molecule has 0 bridgehead atoms. The summed E-state index contributed by atoms with van der Waals surface area (Å²) in [6, 6.07) is 5.85. The van der Waals surface area contributed by atoms with Gasteiger partial charge in [-0.1, -0.05) is 12.1 Å². The third-order valence-corrected chi connectivity index (χ3v) is 2.99. The van der Waals surface area contributed by atoms with Crippen LogP contribution < -0.4 is 0 Å². The largest absolute Gasteiger partial charge is 0.449 e. The lowest BCUT2D eigenvalue weighted by Crippen LogP contribution is -1.92. The number of aryl methyl sites for hydroxylation is 1. The van der Waals surface area contributed by atoms with Crippen LogP contribution in [0.25, 0.3) is 11.0 Å². The number of furan rings is 1. The van der Waals surface area contributed by atoms with Gasteiger partial charge in [0.1, 0.15) is 5.58 Å². The van der Waals surface area contributed by atoms with Crippen LogP contribution in [0.3, 0.4) is 0 Å². The molecule has 78 valence electrons. The minimum Gasteiger partial charge on any atom is -0.449 e. The summed E-state index contributed by atoms with van der Waals surface area (Å²) in [6.07, 6.45) is 0.179. The van der Waals surface area contributed by atoms with Crippen molar-refractivity contribution in [1.29, 1.82) is 0 Å². The number of hydrogen-bond acceptors (Lipinski definition) is 2. The molecule has 0 unspecified atom stereocenters. The zero-order valence-corrected chi connectivity index (χ0v) is 10.4. The van der Waals surface area contributed by atoms with Crippen LogP contribution >= 0.6 is 27.5 Å². The van der Waals surface area contributed by atoms with E-state index in [1.54, 1.807) is 0 Å². The molecule has 2 rings (SSSR count). The molecule has 0 amide bonds. The number of benzene rings is 1. The van der Waals surface area contributed by atoms with Gasteiger partial charge in [-0.15, -0.1) is 0 Å². The van der Waals surface area contributed by atoms with E-state index < -0.39 is 0 Å². The second-order valence-corrected chi connectivity index (χ2v) is 4.53. The molecular weight excluding hydrogens is 279 g/mol. The summed E-state index contributed by atoms with van der Waals surface area (Å²) >= 11 is 8.66. The highest BCUT2D eigenvalue weighted by Gasteiger charge is 2.14. The van der Waals surface area contributed by atoms with Crippen LogP contribution in [0, 0.1) is 6.92 Å². The van der Waals surface area contributed by atoms with Crippen LogP contribution in [0.5, 0.6) is 0 Å². The Bertz CT molecular complexity index is 531. The predicted molar refractivity (Wildman–Crippen MR) is 63.2 cm³/mol. The number of fused-ring (bicyclic) bond motifs is 1. The molecule has 15 heavy (non-hydrogen) atoms. The molecule has 0 atom stereocenters. The average Bonchev–Trinajstić information content (AvgIpc) is 2.41. The number of hydrogen-bond donors (Lipinski definition) is 0. The molecule has 0 radical (unpaired) electrons. The summed E-state index contributed by atoms with van der Waals surface area (Å²) in [6.45, 7) is 1.99. The summed E-state index contributed by atoms with van der Waals surface area (Å²) in [5.41, 5.74) is 2.70. The Morgan fingerprint density at radius 3 is 2.93 bits per heavy atom. The summed E-state index contributed by atoms with van der Waals surface area (Å²) in [5, 5.41) is 0.542. The van der Waals surface area contributed by atoms with E-state index >= 15 is 0 Å². The molecule has 2 aromatic rings. The van der Waals surface area contributed by atoms with Gasteiger partial charge < -0.3 is 4.42 Å². The third-order valence-electron chi connectivity index (χ3n) is 2.21. The van der Waals surface area contributed by atoms with Gasteiger partial charge in [-0.25, -0.2) is 0 Å². The van der Waals surface area contributed by atoms with Crippen LogP contribution in [-0.4, -0.2) is 5.24 Å². The molecule has 2 nitrogen and oxygen atoms in total. The number of halogens is 2. The maximum Gasteiger partial charge on any atom is 0.226 e. The smallest absolute Gasteiger partial charge is 0.226 e. The lowest BCUT2D eigenvalue weighted by molar-refractivity contribution is -0.111. The summed E-state index contributed by atoms with van der Waals surface area (Å²) < 4.78 is 6.07. The van der Waals surface area contributed by atoms with Crippen molar-refractivity contribution in [2.45, 2.75) is 13.3 Å². The van der Waals surface area contributed by atoms with Crippen molar-refractivity contribution < 1.29 is 9.21 Å². The minimum absolute atomic E-state index is 0.179. The summed E-state index contributed by atoms with van der Waals surface area (Å²) in [5.74, 6) is 0. The fourth-order valence-corrected chi connectivity index (χ4v) is 2.19. The van der Waals surface area contributed by atoms with Gasteiger partial charge in [-0.3, -0.25) is 4.79 Å². The van der Waals surface area contributed by atoms with Gasteiger partial charge in [-0.05, 0) is 46.1 Å². The lowest BCUT2D eigenvalue weighted by atomic mass is 10.1. The molecule has 0 aliphatic heterocycles. The van der Waals surface area contributed by atoms with Crippen molar-refractivity contribution in [3.8, 4) is 0 Å². The molecule has 1 aromatic carbocycles. The van der Waals surface area contributed by atoms with Gasteiger partial charge in [-0.2, -0.15) is 0 Å². The fraction of sp³-hybridized carbons (Fsp3) is 0.182. The van der Waals surface area contributed by atoms with E-state index in [1.165, 1.54) is 0 Å². The normalized spacial score (nSPS) is 10.9. The molecule has 0 aliphatic rings. The average molecular weight is 288 g/mol. The maximum absolute atomic E-state index is 10.9. The Morgan fingerprint density at radius 2 is 2.27 bits per heavy atom. The fourth-order valence-electron chi connectivity index (χ4n) is 1.53. The van der Waals surface area contributed by atoms with Crippen LogP contribution in [0.1, 0.15) is 11.1 Å². The van der Waals surface area contributed by atoms with Crippen molar-refractivity contribution in [3.05, 3.63) is 34.0 Å². The molecule has 0 N–H and O–H groups in total. The number of carbonyl (C=O) groups is 1. The molecule has 0 fully saturated rings. The monoisotopic (exact) mass is 286 g/mol. The Morgan fingerprint density at radius 1 is 1.53 bits per heavy atom. The Kier molecular flexibility index (Phi) is 2.85. The highest BCUT2D eigenvalue weighted by Crippen LogP contribution is 2.31. The second-order valence-electron chi connectivity index (χ2n) is 3.39. The molecule has 0 aliphatic carbocycles. The van der Waals surface area contributed by atoms with Crippen molar-refractivity contribution in [3.63, 3.8) is 0 Å². The second kappa shape index (κ2) is 3.99. The third kappa shape index (κ3) is 2.08. The van der Waals surface area contributed by atoms with E-state index in [-0.39, 0.29) is 11.7 Å². The van der Waals surface area contributed by atoms with E-state index in [0.29, 0.717) is 4.67 Å². The first-order valence-electron chi connectivity index (χ1n) is 4.44. The van der Waals surface area contributed by atoms with Crippen LogP contribution in [0.2, 0.25) is 0 Å². The van der Waals surface area contributed by atoms with Crippen LogP contribution in [0.15, 0.2) is 27.3 Å². The van der Waals surface area contributed by atoms with E-state index in [0.717, 1.165) is 22.1 Å². The van der Waals surface area contributed by atoms with Gasteiger partial charge in [0, 0.05) is 10.9 Å². The molecule has 1 aromatic heterocycles. The van der Waals surface area contributed by atoms with E-state index in [4.69, 9.17) is 16.0 Å². The first-order valence-corrected chi connectivity index (χ1v) is 5.61. The van der Waals surface area contributed by atoms with E-state index in [2.05, 4.69) is 15.9 Å². The molecule has 0 saturated heterocycles. The predicted octanol–water partition coefficient (Wildman–Crippen LogP) is 3.81. The van der Waals surface area contributed by atoms with Crippen molar-refractivity contribution in [2.24, 2.45) is 0 Å². The van der Waals surface area contributed by atoms with Crippen molar-refractivity contribution >= 4 is 43.7 Å². The highest BCUT2D eigenvalue weighted by molar-refractivity contribution is 9.10. The van der Waals surface area contributed by atoms with Crippen LogP contribution in [0.4, 0.5) is 0 Å². The van der Waals surface area contributed by atoms with E-state index in [1.807, 2.05) is 25.1 Å². The number of carbonyl (C=O) groups excluding carboxylic acids is 1. The SMILES string of the molecule is Cc1ccc2c(CC(=O)Cl)c(Br)oc2c1. The Labute approximate surface area is 100 Å². The molecular formula is C11H8BrClO2. The lowest BCUT2D eigenvalue weighted by Gasteiger charge is -1.94. The topological polar surface area (TPSA) is 30.2 Å². The molecule has 0 spiro atoms. The van der Waals surface area contributed by atoms with Crippen LogP contribution in [-0.2, 0) is 11.2 Å². The zero-order valence-electron chi connectivity index (χ0n) is 8.01. The Hall–Kier alpha value is -0.800. The molecule has 0 saturated carbocycles. The number of rotatable bonds is 2. The first-order chi connectivity index (χ1) is 7.08. The Balaban J connectivity index is 2.63. The van der Waals surface area contributed by atoms with Crippen molar-refractivity contribution in [1.82, 2.24) is 0 Å². The highest BCUT2D eigenvalue weighted by atomic mass is 79.9. The van der Waals surface area contributed by atoms with Gasteiger partial charge in [0.2, 0.25) is 5.24 Å². The van der Waals surface area contributed by atoms with Gasteiger partial charge in [0.05, 0.1) is 6.42 Å². The van der Waals surface area contributed by atoms with Gasteiger partial charge in [0.15, 0.2) is 4.67 Å². The first kappa shape index (κ1) is 10.7. The quantitative estimate of drug-likeness (QED) is 0.786. The standard InChI is InChI=1S/C11H8BrClO2/c1-6-2-3-7-8(5-10(13)14)11(12)15-9(7)4-6/h2-4H,5H2,1H3. The maximum atomic E-state index is 10.9.